The highest BCUT2D eigenvalue weighted by Crippen LogP contribution is 2.31. The van der Waals surface area contributed by atoms with Crippen molar-refractivity contribution in [1.29, 1.82) is 0 Å². The van der Waals surface area contributed by atoms with Gasteiger partial charge in [-0.25, -0.2) is 9.97 Å². The molecule has 2 aliphatic carbocycles. The lowest BCUT2D eigenvalue weighted by Crippen LogP contribution is -2.30. The monoisotopic (exact) mass is 369 g/mol. The predicted molar refractivity (Wildman–Crippen MR) is 86.2 cm³/mol. The fourth-order valence-corrected chi connectivity index (χ4v) is 2.60. The molecule has 0 aliphatic heterocycles. The zero-order valence-corrected chi connectivity index (χ0v) is 14.2. The van der Waals surface area contributed by atoms with Crippen LogP contribution in [0.25, 0.3) is 5.57 Å². The van der Waals surface area contributed by atoms with Crippen molar-refractivity contribution in [3.05, 3.63) is 41.5 Å². The van der Waals surface area contributed by atoms with Crippen molar-refractivity contribution >= 4 is 11.5 Å². The molecule has 1 amide bonds. The van der Waals surface area contributed by atoms with E-state index in [1.54, 1.807) is 18.2 Å². The summed E-state index contributed by atoms with van der Waals surface area (Å²) in [6.07, 6.45) is 1.84. The quantitative estimate of drug-likeness (QED) is 0.863. The molecule has 6 nitrogen and oxygen atoms in total. The third kappa shape index (κ3) is 3.94. The summed E-state index contributed by atoms with van der Waals surface area (Å²) < 4.78 is 49.7. The molecule has 2 atom stereocenters. The highest BCUT2D eigenvalue weighted by Gasteiger charge is 2.36. The molecule has 0 bridgehead atoms. The van der Waals surface area contributed by atoms with Crippen LogP contribution in [-0.2, 0) is 15.7 Å². The summed E-state index contributed by atoms with van der Waals surface area (Å²) in [6, 6.07) is 0.0538. The molecule has 1 fully saturated rings. The molecule has 1 N–H and O–H groups in total. The average molecular weight is 369 g/mol. The summed E-state index contributed by atoms with van der Waals surface area (Å²) in [4.78, 5) is 19.4. The number of hydrogen-bond donors (Lipinski definition) is 1. The molecule has 1 saturated carbocycles. The Morgan fingerprint density at radius 1 is 1.23 bits per heavy atom. The minimum atomic E-state index is -4.71. The molecule has 9 heteroatoms. The number of nitrogens with one attached hydrogen (secondary N) is 1. The average Bonchev–Trinajstić information content (AvgIpc) is 3.43. The summed E-state index contributed by atoms with van der Waals surface area (Å²) in [5.74, 6) is -1.79. The van der Waals surface area contributed by atoms with E-state index in [1.165, 1.54) is 14.2 Å². The number of hydrogen-bond acceptors (Lipinski definition) is 5. The van der Waals surface area contributed by atoms with Crippen molar-refractivity contribution in [3.8, 4) is 0 Å². The van der Waals surface area contributed by atoms with E-state index in [9.17, 15) is 18.0 Å². The maximum Gasteiger partial charge on any atom is 0.451 e. The number of amides is 1. The van der Waals surface area contributed by atoms with Crippen LogP contribution in [0.1, 0.15) is 34.7 Å². The summed E-state index contributed by atoms with van der Waals surface area (Å²) in [6.45, 7) is 0. The van der Waals surface area contributed by atoms with Crippen LogP contribution in [0.5, 0.6) is 0 Å². The molecule has 2 unspecified atom stereocenters. The number of alkyl halides is 3. The van der Waals surface area contributed by atoms with E-state index in [-0.39, 0.29) is 23.4 Å². The van der Waals surface area contributed by atoms with Gasteiger partial charge in [0, 0.05) is 26.5 Å². The highest BCUT2D eigenvalue weighted by molar-refractivity contribution is 5.99. The number of halogens is 3. The molecule has 0 saturated heterocycles. The fourth-order valence-electron chi connectivity index (χ4n) is 2.60. The van der Waals surface area contributed by atoms with E-state index in [2.05, 4.69) is 15.3 Å². The molecule has 0 aromatic carbocycles. The van der Waals surface area contributed by atoms with Crippen LogP contribution >= 0.6 is 0 Å². The third-order valence-corrected chi connectivity index (χ3v) is 4.15. The van der Waals surface area contributed by atoms with Gasteiger partial charge in [0.2, 0.25) is 5.82 Å². The van der Waals surface area contributed by atoms with Gasteiger partial charge in [0.25, 0.3) is 5.91 Å². The Morgan fingerprint density at radius 2 is 1.92 bits per heavy atom. The van der Waals surface area contributed by atoms with Crippen LogP contribution in [0.4, 0.5) is 13.2 Å². The number of rotatable bonds is 5. The van der Waals surface area contributed by atoms with Gasteiger partial charge in [-0.15, -0.1) is 0 Å². The zero-order chi connectivity index (χ0) is 18.9. The van der Waals surface area contributed by atoms with Crippen molar-refractivity contribution in [2.45, 2.75) is 37.3 Å². The first-order valence-electron chi connectivity index (χ1n) is 8.04. The predicted octanol–water partition coefficient (Wildman–Crippen LogP) is 2.37. The number of nitrogens with zero attached hydrogens (tertiary/aromatic N) is 2. The van der Waals surface area contributed by atoms with Crippen LogP contribution in [0.2, 0.25) is 0 Å². The number of methoxy groups -OCH3 is 2. The second-order valence-corrected chi connectivity index (χ2v) is 6.08. The summed E-state index contributed by atoms with van der Waals surface area (Å²) in [7, 11) is 2.96. The van der Waals surface area contributed by atoms with Gasteiger partial charge in [0.05, 0.1) is 11.3 Å². The van der Waals surface area contributed by atoms with Crippen molar-refractivity contribution in [2.75, 3.05) is 14.2 Å². The maximum absolute atomic E-state index is 13.0. The van der Waals surface area contributed by atoms with Gasteiger partial charge >= 0.3 is 6.18 Å². The lowest BCUT2D eigenvalue weighted by molar-refractivity contribution is -0.145. The third-order valence-electron chi connectivity index (χ3n) is 4.15. The van der Waals surface area contributed by atoms with E-state index in [1.807, 2.05) is 0 Å². The summed E-state index contributed by atoms with van der Waals surface area (Å²) in [5, 5.41) is 2.75. The van der Waals surface area contributed by atoms with Gasteiger partial charge in [0.15, 0.2) is 0 Å². The molecule has 2 aliphatic rings. The fraction of sp³-hybridized carbons (Fsp3) is 0.471. The van der Waals surface area contributed by atoms with E-state index < -0.39 is 24.0 Å². The normalized spacial score (nSPS) is 22.9. The minimum Gasteiger partial charge on any atom is -0.374 e. The molecule has 26 heavy (non-hydrogen) atoms. The second kappa shape index (κ2) is 7.16. The Labute approximate surface area is 148 Å². The summed E-state index contributed by atoms with van der Waals surface area (Å²) in [5.41, 5.74) is 0.254. The number of allylic oxidation sites excluding steroid dienone is 2. The van der Waals surface area contributed by atoms with Crippen LogP contribution in [-0.4, -0.2) is 48.3 Å². The van der Waals surface area contributed by atoms with E-state index in [4.69, 9.17) is 9.47 Å². The molecule has 3 rings (SSSR count). The number of carbonyl (C=O) groups excluding carboxylic acids is 1. The van der Waals surface area contributed by atoms with Crippen molar-refractivity contribution in [3.63, 3.8) is 0 Å². The molecule has 0 spiro atoms. The number of aromatic nitrogens is 2. The molecule has 140 valence electrons. The van der Waals surface area contributed by atoms with E-state index >= 15 is 0 Å². The van der Waals surface area contributed by atoms with Crippen LogP contribution in [0.3, 0.4) is 0 Å². The lowest BCUT2D eigenvalue weighted by Gasteiger charge is -2.24. The van der Waals surface area contributed by atoms with Gasteiger partial charge in [0.1, 0.15) is 12.2 Å². The van der Waals surface area contributed by atoms with Crippen molar-refractivity contribution in [1.82, 2.24) is 15.3 Å². The Kier molecular flexibility index (Phi) is 5.10. The smallest absolute Gasteiger partial charge is 0.374 e. The van der Waals surface area contributed by atoms with Crippen molar-refractivity contribution in [2.24, 2.45) is 0 Å². The topological polar surface area (TPSA) is 73.3 Å². The lowest BCUT2D eigenvalue weighted by atomic mass is 9.97. The van der Waals surface area contributed by atoms with E-state index in [0.29, 0.717) is 5.57 Å². The van der Waals surface area contributed by atoms with E-state index in [0.717, 1.165) is 19.0 Å². The summed E-state index contributed by atoms with van der Waals surface area (Å²) >= 11 is 0. The van der Waals surface area contributed by atoms with Crippen molar-refractivity contribution < 1.29 is 27.4 Å². The van der Waals surface area contributed by atoms with Crippen LogP contribution < -0.4 is 5.32 Å². The van der Waals surface area contributed by atoms with Crippen LogP contribution in [0, 0.1) is 0 Å². The molecule has 1 aromatic heterocycles. The van der Waals surface area contributed by atoms with Crippen LogP contribution in [0.15, 0.2) is 24.4 Å². The maximum atomic E-state index is 13.0. The van der Waals surface area contributed by atoms with Gasteiger partial charge in [-0.3, -0.25) is 4.79 Å². The van der Waals surface area contributed by atoms with Gasteiger partial charge < -0.3 is 14.8 Å². The first-order chi connectivity index (χ1) is 12.3. The first kappa shape index (κ1) is 18.5. The SMILES string of the molecule is COC1C=CC(c2nc(C(F)(F)F)ncc2C(=O)NC2CC2)=CC1OC. The molecular formula is C17H18F3N3O3. The number of ether oxygens (including phenoxy) is 2. The first-order valence-corrected chi connectivity index (χ1v) is 8.04. The molecule has 0 radical (unpaired) electrons. The van der Waals surface area contributed by atoms with Gasteiger partial charge in [-0.1, -0.05) is 12.2 Å². The Balaban J connectivity index is 2.03. The Morgan fingerprint density at radius 3 is 2.50 bits per heavy atom. The standard InChI is InChI=1S/C17H18F3N3O3/c1-25-12-6-3-9(7-13(12)26-2)14-11(15(24)22-10-4-5-10)8-21-16(23-14)17(18,19)20/h3,6-8,10,12-13H,4-5H2,1-2H3,(H,22,24). The number of carbonyl (C=O) groups is 1. The minimum absolute atomic E-state index is 0.00785. The molecule has 1 heterocycles. The largest absolute Gasteiger partial charge is 0.451 e. The molecule has 1 aromatic rings. The van der Waals surface area contributed by atoms with Gasteiger partial charge in [-0.05, 0) is 24.5 Å². The zero-order valence-electron chi connectivity index (χ0n) is 14.2. The van der Waals surface area contributed by atoms with Gasteiger partial charge in [-0.2, -0.15) is 13.2 Å². The Bertz CT molecular complexity index is 757. The second-order valence-electron chi connectivity index (χ2n) is 6.08. The Hall–Kier alpha value is -2.26. The molecular weight excluding hydrogens is 351 g/mol. The highest BCUT2D eigenvalue weighted by atomic mass is 19.4.